The fraction of sp³-hybridized carbons (Fsp3) is 0.417. The van der Waals surface area contributed by atoms with Crippen LogP contribution in [0, 0.1) is 13.8 Å². The van der Waals surface area contributed by atoms with Crippen LogP contribution in [-0.4, -0.2) is 64.5 Å². The van der Waals surface area contributed by atoms with E-state index in [1.807, 2.05) is 0 Å². The highest BCUT2D eigenvalue weighted by molar-refractivity contribution is 6.27. The number of carbonyl (C=O) groups excluding carboxylic acids is 2. The number of hydrogen-bond acceptors (Lipinski definition) is 2. The molecule has 1 heterocycles. The van der Waals surface area contributed by atoms with Gasteiger partial charge in [-0.1, -0.05) is 36.4 Å². The van der Waals surface area contributed by atoms with Gasteiger partial charge in [0.05, 0.1) is 12.6 Å². The topological polar surface area (TPSA) is 40.6 Å². The number of benzene rings is 2. The Labute approximate surface area is 203 Å². The number of alkyl halides is 7. The van der Waals surface area contributed by atoms with E-state index in [0.717, 1.165) is 11.1 Å². The molecule has 0 N–H and O–H groups in total. The monoisotopic (exact) mass is 520 g/mol. The molecule has 35 heavy (non-hydrogen) atoms. The predicted molar refractivity (Wildman–Crippen MR) is 118 cm³/mol. The summed E-state index contributed by atoms with van der Waals surface area (Å²) in [5.41, 5.74) is 1.97. The lowest BCUT2D eigenvalue weighted by Gasteiger charge is -2.52. The third-order valence-corrected chi connectivity index (χ3v) is 6.41. The molecule has 0 saturated carbocycles. The lowest BCUT2D eigenvalue weighted by molar-refractivity contribution is -0.256. The average Bonchev–Trinajstić information content (AvgIpc) is 2.79. The SMILES string of the molecule is Cc1ccc(C[C@@H]2C(C(F)(F)F)N(C(=O)CCl)C(C(F)(F)F)CN2C(=O)c2ccccc2)cc1C. The molecular weight excluding hydrogens is 498 g/mol. The maximum absolute atomic E-state index is 14.4. The first-order valence-corrected chi connectivity index (χ1v) is 11.2. The van der Waals surface area contributed by atoms with E-state index < -0.39 is 61.1 Å². The normalized spacial score (nSPS) is 21.2. The van der Waals surface area contributed by atoms with Crippen LogP contribution >= 0.6 is 11.6 Å². The standard InChI is InChI=1S/C24H23ClF6N2O2/c1-14-8-9-16(10-15(14)2)11-18-21(24(29,30)31)33(20(34)12-25)19(23(26,27)28)13-32(18)22(35)17-6-4-3-5-7-17/h3-10,18-19,21H,11-13H2,1-2H3/t18-,19?,21?/m1/s1. The average molecular weight is 521 g/mol. The first-order chi connectivity index (χ1) is 16.3. The molecule has 190 valence electrons. The first kappa shape index (κ1) is 26.8. The predicted octanol–water partition coefficient (Wildman–Crippen LogP) is 5.30. The molecule has 2 amide bonds. The zero-order chi connectivity index (χ0) is 26.1. The third-order valence-electron chi connectivity index (χ3n) is 6.18. The van der Waals surface area contributed by atoms with Crippen molar-refractivity contribution in [2.45, 2.75) is 50.7 Å². The molecular formula is C24H23ClF6N2O2. The van der Waals surface area contributed by atoms with Gasteiger partial charge in [-0.15, -0.1) is 11.6 Å². The minimum atomic E-state index is -5.27. The summed E-state index contributed by atoms with van der Waals surface area (Å²) >= 11 is 5.45. The van der Waals surface area contributed by atoms with Gasteiger partial charge in [0.2, 0.25) is 5.91 Å². The summed E-state index contributed by atoms with van der Waals surface area (Å²) in [5, 5.41) is 0. The van der Waals surface area contributed by atoms with E-state index in [2.05, 4.69) is 0 Å². The second kappa shape index (κ2) is 10.1. The van der Waals surface area contributed by atoms with Crippen LogP contribution in [0.1, 0.15) is 27.0 Å². The molecule has 0 bridgehead atoms. The van der Waals surface area contributed by atoms with Crippen molar-refractivity contribution in [2.24, 2.45) is 0 Å². The van der Waals surface area contributed by atoms with Gasteiger partial charge in [0.1, 0.15) is 18.0 Å². The molecule has 2 aromatic rings. The molecule has 1 fully saturated rings. The van der Waals surface area contributed by atoms with Crippen molar-refractivity contribution in [3.8, 4) is 0 Å². The lowest BCUT2D eigenvalue weighted by Crippen LogP contribution is -2.73. The smallest absolute Gasteiger partial charge is 0.330 e. The Hall–Kier alpha value is -2.75. The Kier molecular flexibility index (Phi) is 7.74. The third kappa shape index (κ3) is 5.74. The van der Waals surface area contributed by atoms with Crippen molar-refractivity contribution in [2.75, 3.05) is 12.4 Å². The molecule has 0 aromatic heterocycles. The fourth-order valence-electron chi connectivity index (χ4n) is 4.37. The van der Waals surface area contributed by atoms with Crippen LogP contribution in [0.3, 0.4) is 0 Å². The van der Waals surface area contributed by atoms with Crippen LogP contribution in [-0.2, 0) is 11.2 Å². The second-order valence-corrected chi connectivity index (χ2v) is 8.76. The molecule has 1 aliphatic rings. The minimum Gasteiger partial charge on any atom is -0.330 e. The highest BCUT2D eigenvalue weighted by Gasteiger charge is 2.62. The summed E-state index contributed by atoms with van der Waals surface area (Å²) in [5.74, 6) is -3.56. The van der Waals surface area contributed by atoms with E-state index in [0.29, 0.717) is 10.5 Å². The zero-order valence-electron chi connectivity index (χ0n) is 18.8. The number of rotatable bonds is 4. The van der Waals surface area contributed by atoms with Gasteiger partial charge in [0.15, 0.2) is 0 Å². The molecule has 2 unspecified atom stereocenters. The highest BCUT2D eigenvalue weighted by Crippen LogP contribution is 2.41. The van der Waals surface area contributed by atoms with Crippen molar-refractivity contribution in [3.05, 3.63) is 70.8 Å². The molecule has 1 aliphatic heterocycles. The largest absolute Gasteiger partial charge is 0.410 e. The summed E-state index contributed by atoms with van der Waals surface area (Å²) in [6.07, 6.45) is -10.9. The number of hydrogen-bond donors (Lipinski definition) is 0. The van der Waals surface area contributed by atoms with E-state index in [1.54, 1.807) is 38.1 Å². The Morgan fingerprint density at radius 2 is 1.57 bits per heavy atom. The summed E-state index contributed by atoms with van der Waals surface area (Å²) in [6, 6.07) is 4.39. The van der Waals surface area contributed by atoms with Crippen molar-refractivity contribution in [3.63, 3.8) is 0 Å². The van der Waals surface area contributed by atoms with Gasteiger partial charge >= 0.3 is 12.4 Å². The second-order valence-electron chi connectivity index (χ2n) is 8.49. The number of nitrogens with zero attached hydrogens (tertiary/aromatic N) is 2. The van der Waals surface area contributed by atoms with Crippen LogP contribution < -0.4 is 0 Å². The van der Waals surface area contributed by atoms with Crippen LogP contribution in [0.4, 0.5) is 26.3 Å². The quantitative estimate of drug-likeness (QED) is 0.405. The summed E-state index contributed by atoms with van der Waals surface area (Å²) in [6.45, 7) is 2.40. The van der Waals surface area contributed by atoms with Gasteiger partial charge in [0.25, 0.3) is 5.91 Å². The summed E-state index contributed by atoms with van der Waals surface area (Å²) in [7, 11) is 0. The molecule has 0 aliphatic carbocycles. The van der Waals surface area contributed by atoms with Gasteiger partial charge in [0, 0.05) is 5.56 Å². The highest BCUT2D eigenvalue weighted by atomic mass is 35.5. The maximum atomic E-state index is 14.4. The fourth-order valence-corrected chi connectivity index (χ4v) is 4.51. The van der Waals surface area contributed by atoms with Gasteiger partial charge in [-0.2, -0.15) is 26.3 Å². The number of halogens is 7. The van der Waals surface area contributed by atoms with E-state index in [4.69, 9.17) is 11.6 Å². The van der Waals surface area contributed by atoms with E-state index in [9.17, 15) is 35.9 Å². The molecule has 4 nitrogen and oxygen atoms in total. The van der Waals surface area contributed by atoms with Crippen molar-refractivity contribution < 1.29 is 35.9 Å². The molecule has 0 radical (unpaired) electrons. The van der Waals surface area contributed by atoms with E-state index >= 15 is 0 Å². The van der Waals surface area contributed by atoms with Crippen LogP contribution in [0.2, 0.25) is 0 Å². The van der Waals surface area contributed by atoms with Crippen molar-refractivity contribution >= 4 is 23.4 Å². The molecule has 0 spiro atoms. The Morgan fingerprint density at radius 3 is 2.09 bits per heavy atom. The molecule has 11 heteroatoms. The summed E-state index contributed by atoms with van der Waals surface area (Å²) in [4.78, 5) is 26.1. The number of amides is 2. The van der Waals surface area contributed by atoms with Gasteiger partial charge < -0.3 is 9.80 Å². The van der Waals surface area contributed by atoms with E-state index in [-0.39, 0.29) is 10.5 Å². The zero-order valence-corrected chi connectivity index (χ0v) is 19.6. The van der Waals surface area contributed by atoms with Crippen LogP contribution in [0.25, 0.3) is 0 Å². The number of aryl methyl sites for hydroxylation is 2. The minimum absolute atomic E-state index is 0.0587. The van der Waals surface area contributed by atoms with Crippen LogP contribution in [0.5, 0.6) is 0 Å². The van der Waals surface area contributed by atoms with Crippen molar-refractivity contribution in [1.82, 2.24) is 9.80 Å². The summed E-state index contributed by atoms with van der Waals surface area (Å²) < 4.78 is 85.3. The van der Waals surface area contributed by atoms with Gasteiger partial charge in [-0.25, -0.2) is 0 Å². The Balaban J connectivity index is 2.20. The van der Waals surface area contributed by atoms with Gasteiger partial charge in [-0.05, 0) is 49.1 Å². The molecule has 2 aromatic carbocycles. The van der Waals surface area contributed by atoms with Crippen molar-refractivity contribution in [1.29, 1.82) is 0 Å². The Bertz CT molecular complexity index is 1070. The van der Waals surface area contributed by atoms with Crippen LogP contribution in [0.15, 0.2) is 48.5 Å². The Morgan fingerprint density at radius 1 is 0.943 bits per heavy atom. The first-order valence-electron chi connectivity index (χ1n) is 10.7. The lowest BCUT2D eigenvalue weighted by atomic mass is 9.89. The van der Waals surface area contributed by atoms with Gasteiger partial charge in [-0.3, -0.25) is 9.59 Å². The number of carbonyl (C=O) groups is 2. The molecule has 3 atom stereocenters. The van der Waals surface area contributed by atoms with E-state index in [1.165, 1.54) is 24.3 Å². The maximum Gasteiger partial charge on any atom is 0.410 e. The number of piperazine rings is 1. The molecule has 3 rings (SSSR count). The molecule has 1 saturated heterocycles.